The number of aryl methyl sites for hydroxylation is 2. The first-order valence-corrected chi connectivity index (χ1v) is 8.15. The quantitative estimate of drug-likeness (QED) is 0.887. The van der Waals surface area contributed by atoms with Gasteiger partial charge in [-0.1, -0.05) is 42.4 Å². The summed E-state index contributed by atoms with van der Waals surface area (Å²) < 4.78 is 0. The van der Waals surface area contributed by atoms with Crippen LogP contribution in [0.2, 0.25) is 0 Å². The Balaban J connectivity index is 2.10. The Morgan fingerprint density at radius 3 is 2.45 bits per heavy atom. The molecule has 22 heavy (non-hydrogen) atoms. The van der Waals surface area contributed by atoms with Gasteiger partial charge in [-0.05, 0) is 38.3 Å². The molecule has 0 saturated carbocycles. The summed E-state index contributed by atoms with van der Waals surface area (Å²) in [7, 11) is 0. The van der Waals surface area contributed by atoms with E-state index in [1.165, 1.54) is 22.5 Å². The van der Waals surface area contributed by atoms with E-state index in [2.05, 4.69) is 33.7 Å². The van der Waals surface area contributed by atoms with Gasteiger partial charge in [0.05, 0.1) is 6.04 Å². The van der Waals surface area contributed by atoms with Crippen LogP contribution in [0.25, 0.3) is 10.6 Å². The maximum Gasteiger partial charge on any atom is 0.243 e. The SMILES string of the molecule is Cc1cc(C)cc(-c2nnc(NC(=O)[C@@H](N)CC(C)C)s2)c1. The minimum atomic E-state index is -0.520. The van der Waals surface area contributed by atoms with E-state index >= 15 is 0 Å². The number of nitrogens with zero attached hydrogens (tertiary/aromatic N) is 2. The molecule has 2 rings (SSSR count). The molecule has 1 aromatic carbocycles. The van der Waals surface area contributed by atoms with Gasteiger partial charge >= 0.3 is 0 Å². The van der Waals surface area contributed by atoms with Gasteiger partial charge in [-0.3, -0.25) is 10.1 Å². The van der Waals surface area contributed by atoms with Crippen LogP contribution in [0, 0.1) is 19.8 Å². The molecule has 0 unspecified atom stereocenters. The van der Waals surface area contributed by atoms with Gasteiger partial charge in [-0.15, -0.1) is 10.2 Å². The lowest BCUT2D eigenvalue weighted by Gasteiger charge is -2.12. The Kier molecular flexibility index (Phi) is 5.26. The predicted octanol–water partition coefficient (Wildman–Crippen LogP) is 3.13. The maximum atomic E-state index is 12.0. The lowest BCUT2D eigenvalue weighted by Crippen LogP contribution is -2.36. The molecule has 1 atom stereocenters. The summed E-state index contributed by atoms with van der Waals surface area (Å²) in [5.41, 5.74) is 9.24. The van der Waals surface area contributed by atoms with Crippen molar-refractivity contribution in [2.45, 2.75) is 40.2 Å². The molecule has 118 valence electrons. The van der Waals surface area contributed by atoms with Crippen molar-refractivity contribution in [3.63, 3.8) is 0 Å². The van der Waals surface area contributed by atoms with Crippen molar-refractivity contribution in [3.05, 3.63) is 29.3 Å². The molecule has 5 nitrogen and oxygen atoms in total. The van der Waals surface area contributed by atoms with Crippen molar-refractivity contribution in [3.8, 4) is 10.6 Å². The number of hydrogen-bond donors (Lipinski definition) is 2. The number of nitrogens with two attached hydrogens (primary N) is 1. The molecule has 1 aromatic heterocycles. The molecule has 0 bridgehead atoms. The van der Waals surface area contributed by atoms with Crippen molar-refractivity contribution in [1.82, 2.24) is 10.2 Å². The Labute approximate surface area is 135 Å². The number of anilines is 1. The van der Waals surface area contributed by atoms with E-state index in [1.54, 1.807) is 0 Å². The summed E-state index contributed by atoms with van der Waals surface area (Å²) in [5, 5.41) is 12.2. The number of carbonyl (C=O) groups is 1. The molecule has 0 aliphatic rings. The highest BCUT2D eigenvalue weighted by Gasteiger charge is 2.17. The number of hydrogen-bond acceptors (Lipinski definition) is 5. The lowest BCUT2D eigenvalue weighted by atomic mass is 10.0. The number of benzene rings is 1. The molecule has 2 aromatic rings. The minimum absolute atomic E-state index is 0.211. The zero-order valence-corrected chi connectivity index (χ0v) is 14.2. The molecule has 0 fully saturated rings. The fourth-order valence-electron chi connectivity index (χ4n) is 2.30. The van der Waals surface area contributed by atoms with Crippen LogP contribution in [0.1, 0.15) is 31.4 Å². The number of amides is 1. The third-order valence-electron chi connectivity index (χ3n) is 3.19. The highest BCUT2D eigenvalue weighted by Crippen LogP contribution is 2.28. The molecule has 0 aliphatic heterocycles. The van der Waals surface area contributed by atoms with E-state index in [4.69, 9.17) is 5.73 Å². The summed E-state index contributed by atoms with van der Waals surface area (Å²) >= 11 is 1.36. The summed E-state index contributed by atoms with van der Waals surface area (Å²) in [6, 6.07) is 5.71. The van der Waals surface area contributed by atoms with Gasteiger partial charge in [0.25, 0.3) is 0 Å². The monoisotopic (exact) mass is 318 g/mol. The fourth-order valence-corrected chi connectivity index (χ4v) is 3.04. The second-order valence-corrected chi connectivity index (χ2v) is 6.99. The van der Waals surface area contributed by atoms with Crippen molar-refractivity contribution >= 4 is 22.4 Å². The second-order valence-electron chi connectivity index (χ2n) is 6.01. The van der Waals surface area contributed by atoms with Crippen LogP contribution in [0.4, 0.5) is 5.13 Å². The average molecular weight is 318 g/mol. The van der Waals surface area contributed by atoms with Crippen LogP contribution in [0.5, 0.6) is 0 Å². The molecule has 0 saturated heterocycles. The molecule has 1 amide bonds. The third-order valence-corrected chi connectivity index (χ3v) is 4.07. The molecular weight excluding hydrogens is 296 g/mol. The topological polar surface area (TPSA) is 80.9 Å². The predicted molar refractivity (Wildman–Crippen MR) is 90.9 cm³/mol. The van der Waals surface area contributed by atoms with E-state index in [0.29, 0.717) is 17.5 Å². The summed E-state index contributed by atoms with van der Waals surface area (Å²) in [6.07, 6.45) is 0.647. The van der Waals surface area contributed by atoms with E-state index in [9.17, 15) is 4.79 Å². The minimum Gasteiger partial charge on any atom is -0.320 e. The maximum absolute atomic E-state index is 12.0. The van der Waals surface area contributed by atoms with E-state index in [0.717, 1.165) is 10.6 Å². The first kappa shape index (κ1) is 16.6. The van der Waals surface area contributed by atoms with Crippen LogP contribution in [0.15, 0.2) is 18.2 Å². The largest absolute Gasteiger partial charge is 0.320 e. The summed E-state index contributed by atoms with van der Waals surface area (Å²) in [5.74, 6) is 0.165. The van der Waals surface area contributed by atoms with Gasteiger partial charge in [-0.2, -0.15) is 0 Å². The van der Waals surface area contributed by atoms with Gasteiger partial charge in [0.15, 0.2) is 0 Å². The molecule has 0 spiro atoms. The van der Waals surface area contributed by atoms with Crippen molar-refractivity contribution in [2.24, 2.45) is 11.7 Å². The Bertz CT molecular complexity index is 646. The van der Waals surface area contributed by atoms with Gasteiger partial charge in [0.2, 0.25) is 11.0 Å². The Morgan fingerprint density at radius 2 is 1.86 bits per heavy atom. The average Bonchev–Trinajstić information content (AvgIpc) is 2.85. The van der Waals surface area contributed by atoms with E-state index in [-0.39, 0.29) is 5.91 Å². The van der Waals surface area contributed by atoms with E-state index in [1.807, 2.05) is 27.7 Å². The fraction of sp³-hybridized carbons (Fsp3) is 0.438. The first-order valence-electron chi connectivity index (χ1n) is 7.33. The molecule has 1 heterocycles. The van der Waals surface area contributed by atoms with Gasteiger partial charge in [0, 0.05) is 5.56 Å². The Hall–Kier alpha value is -1.79. The van der Waals surface area contributed by atoms with Crippen LogP contribution in [-0.2, 0) is 4.79 Å². The zero-order valence-electron chi connectivity index (χ0n) is 13.4. The van der Waals surface area contributed by atoms with E-state index < -0.39 is 6.04 Å². The summed E-state index contributed by atoms with van der Waals surface area (Å²) in [6.45, 7) is 8.17. The molecular formula is C16H22N4OS. The van der Waals surface area contributed by atoms with Crippen LogP contribution < -0.4 is 11.1 Å². The highest BCUT2D eigenvalue weighted by atomic mass is 32.1. The molecule has 3 N–H and O–H groups in total. The van der Waals surface area contributed by atoms with Crippen LogP contribution in [-0.4, -0.2) is 22.1 Å². The van der Waals surface area contributed by atoms with Crippen LogP contribution in [0.3, 0.4) is 0 Å². The highest BCUT2D eigenvalue weighted by molar-refractivity contribution is 7.18. The van der Waals surface area contributed by atoms with Gasteiger partial charge in [-0.25, -0.2) is 0 Å². The molecule has 0 aliphatic carbocycles. The molecule has 6 heteroatoms. The van der Waals surface area contributed by atoms with Crippen molar-refractivity contribution in [2.75, 3.05) is 5.32 Å². The van der Waals surface area contributed by atoms with Gasteiger partial charge < -0.3 is 5.73 Å². The Morgan fingerprint density at radius 1 is 1.23 bits per heavy atom. The zero-order chi connectivity index (χ0) is 16.3. The standard InChI is InChI=1S/C16H22N4OS/c1-9(2)5-13(17)14(21)18-16-20-19-15(22-16)12-7-10(3)6-11(4)8-12/h6-9,13H,5,17H2,1-4H3,(H,18,20,21)/t13-/m0/s1. The third kappa shape index (κ3) is 4.35. The van der Waals surface area contributed by atoms with Crippen molar-refractivity contribution in [1.29, 1.82) is 0 Å². The number of rotatable bonds is 5. The van der Waals surface area contributed by atoms with Crippen LogP contribution >= 0.6 is 11.3 Å². The first-order chi connectivity index (χ1) is 10.3. The second kappa shape index (κ2) is 6.98. The number of carbonyl (C=O) groups excluding carboxylic acids is 1. The smallest absolute Gasteiger partial charge is 0.243 e. The molecule has 0 radical (unpaired) electrons. The summed E-state index contributed by atoms with van der Waals surface area (Å²) in [4.78, 5) is 12.0. The van der Waals surface area contributed by atoms with Crippen molar-refractivity contribution < 1.29 is 4.79 Å². The number of nitrogens with one attached hydrogen (secondary N) is 1. The normalized spacial score (nSPS) is 12.5. The lowest BCUT2D eigenvalue weighted by molar-refractivity contribution is -0.117. The van der Waals surface area contributed by atoms with Gasteiger partial charge in [0.1, 0.15) is 5.01 Å². The number of aromatic nitrogens is 2.